The van der Waals surface area contributed by atoms with Gasteiger partial charge in [-0.2, -0.15) is 5.10 Å². The van der Waals surface area contributed by atoms with Crippen molar-refractivity contribution in [1.29, 1.82) is 0 Å². The van der Waals surface area contributed by atoms with Gasteiger partial charge in [0.1, 0.15) is 5.69 Å². The Morgan fingerprint density at radius 1 is 1.24 bits per heavy atom. The Bertz CT molecular complexity index is 892. The number of aromatic nitrogens is 3. The van der Waals surface area contributed by atoms with E-state index in [2.05, 4.69) is 20.5 Å². The number of pyridine rings is 1. The molecule has 0 spiro atoms. The predicted molar refractivity (Wildman–Crippen MR) is 80.6 cm³/mol. The number of aromatic amines is 2. The van der Waals surface area contributed by atoms with Gasteiger partial charge >= 0.3 is 0 Å². The topological polar surface area (TPSA) is 90.6 Å². The van der Waals surface area contributed by atoms with Gasteiger partial charge in [0.25, 0.3) is 5.91 Å². The van der Waals surface area contributed by atoms with E-state index < -0.39 is 5.91 Å². The summed E-state index contributed by atoms with van der Waals surface area (Å²) in [7, 11) is 0. The Labute approximate surface area is 120 Å². The number of hydrogen-bond donors (Lipinski definition) is 3. The van der Waals surface area contributed by atoms with Crippen LogP contribution in [0.4, 0.5) is 5.82 Å². The van der Waals surface area contributed by atoms with Gasteiger partial charge in [0, 0.05) is 28.2 Å². The third kappa shape index (κ3) is 2.31. The zero-order chi connectivity index (χ0) is 15.0. The van der Waals surface area contributed by atoms with Gasteiger partial charge in [0.15, 0.2) is 11.2 Å². The normalized spacial score (nSPS) is 10.8. The van der Waals surface area contributed by atoms with Crippen LogP contribution in [-0.2, 0) is 0 Å². The molecule has 0 aliphatic rings. The van der Waals surface area contributed by atoms with Crippen molar-refractivity contribution in [3.63, 3.8) is 0 Å². The van der Waals surface area contributed by atoms with Crippen molar-refractivity contribution in [2.45, 2.75) is 13.8 Å². The fourth-order valence-corrected chi connectivity index (χ4v) is 2.10. The van der Waals surface area contributed by atoms with E-state index in [4.69, 9.17) is 0 Å². The second-order valence-electron chi connectivity index (χ2n) is 4.87. The lowest BCUT2D eigenvalue weighted by Crippen LogP contribution is -2.17. The largest absolute Gasteiger partial charge is 0.350 e. The average molecular weight is 282 g/mol. The first kappa shape index (κ1) is 13.1. The average Bonchev–Trinajstić information content (AvgIpc) is 2.79. The molecule has 2 aromatic heterocycles. The van der Waals surface area contributed by atoms with Crippen LogP contribution in [0.25, 0.3) is 10.9 Å². The number of para-hydroxylation sites is 1. The summed E-state index contributed by atoms with van der Waals surface area (Å²) < 4.78 is 0. The Balaban J connectivity index is 1.98. The smallest absolute Gasteiger partial charge is 0.273 e. The first-order valence-electron chi connectivity index (χ1n) is 6.51. The SMILES string of the molecule is Cc1[nH]nc(NC(=O)c2cc(=O)c3ccccc3[nH]2)c1C. The third-order valence-corrected chi connectivity index (χ3v) is 3.47. The monoisotopic (exact) mass is 282 g/mol. The van der Waals surface area contributed by atoms with Gasteiger partial charge in [-0.25, -0.2) is 0 Å². The van der Waals surface area contributed by atoms with Crippen LogP contribution in [-0.4, -0.2) is 21.1 Å². The van der Waals surface area contributed by atoms with E-state index in [1.54, 1.807) is 24.3 Å². The van der Waals surface area contributed by atoms with Gasteiger partial charge in [-0.1, -0.05) is 12.1 Å². The molecule has 0 aliphatic carbocycles. The predicted octanol–water partition coefficient (Wildman–Crippen LogP) is 2.12. The summed E-state index contributed by atoms with van der Waals surface area (Å²) in [5.74, 6) is 0.0685. The lowest BCUT2D eigenvalue weighted by molar-refractivity contribution is 0.102. The molecule has 0 unspecified atom stereocenters. The zero-order valence-electron chi connectivity index (χ0n) is 11.7. The van der Waals surface area contributed by atoms with Crippen LogP contribution < -0.4 is 10.7 Å². The van der Waals surface area contributed by atoms with Gasteiger partial charge in [-0.05, 0) is 26.0 Å². The molecule has 0 bridgehead atoms. The fraction of sp³-hybridized carbons (Fsp3) is 0.133. The molecule has 3 rings (SSSR count). The number of hydrogen-bond acceptors (Lipinski definition) is 3. The number of carbonyl (C=O) groups is 1. The highest BCUT2D eigenvalue weighted by molar-refractivity contribution is 6.03. The zero-order valence-corrected chi connectivity index (χ0v) is 11.7. The van der Waals surface area contributed by atoms with Crippen LogP contribution in [0.15, 0.2) is 35.1 Å². The Morgan fingerprint density at radius 2 is 2.00 bits per heavy atom. The summed E-state index contributed by atoms with van der Waals surface area (Å²) in [5.41, 5.74) is 2.40. The second-order valence-corrected chi connectivity index (χ2v) is 4.87. The maximum atomic E-state index is 12.2. The van der Waals surface area contributed by atoms with Crippen molar-refractivity contribution in [2.75, 3.05) is 5.32 Å². The molecular weight excluding hydrogens is 268 g/mol. The number of aryl methyl sites for hydroxylation is 1. The molecule has 0 aliphatic heterocycles. The summed E-state index contributed by atoms with van der Waals surface area (Å²) >= 11 is 0. The van der Waals surface area contributed by atoms with Crippen LogP contribution in [0.2, 0.25) is 0 Å². The minimum atomic E-state index is -0.396. The molecule has 2 heterocycles. The summed E-state index contributed by atoms with van der Waals surface area (Å²) in [6.07, 6.45) is 0. The quantitative estimate of drug-likeness (QED) is 0.672. The van der Waals surface area contributed by atoms with Gasteiger partial charge in [0.05, 0.1) is 0 Å². The number of anilines is 1. The van der Waals surface area contributed by atoms with Crippen molar-refractivity contribution in [3.8, 4) is 0 Å². The number of H-pyrrole nitrogens is 2. The van der Waals surface area contributed by atoms with E-state index in [0.29, 0.717) is 16.7 Å². The molecule has 0 saturated heterocycles. The molecule has 1 aromatic carbocycles. The number of amides is 1. The Hall–Kier alpha value is -2.89. The van der Waals surface area contributed by atoms with E-state index in [-0.39, 0.29) is 11.1 Å². The highest BCUT2D eigenvalue weighted by Crippen LogP contribution is 2.15. The number of rotatable bonds is 2. The first-order chi connectivity index (χ1) is 10.1. The molecule has 6 heteroatoms. The number of nitrogens with one attached hydrogen (secondary N) is 3. The summed E-state index contributed by atoms with van der Waals surface area (Å²) in [5, 5.41) is 10.1. The van der Waals surface area contributed by atoms with E-state index in [1.807, 2.05) is 13.8 Å². The minimum absolute atomic E-state index is 0.190. The van der Waals surface area contributed by atoms with Gasteiger partial charge in [-0.3, -0.25) is 14.7 Å². The Morgan fingerprint density at radius 3 is 2.71 bits per heavy atom. The lowest BCUT2D eigenvalue weighted by atomic mass is 10.2. The molecule has 6 nitrogen and oxygen atoms in total. The van der Waals surface area contributed by atoms with E-state index in [0.717, 1.165) is 11.3 Å². The molecule has 106 valence electrons. The van der Waals surface area contributed by atoms with Gasteiger partial charge < -0.3 is 10.3 Å². The maximum absolute atomic E-state index is 12.2. The molecule has 0 saturated carbocycles. The van der Waals surface area contributed by atoms with E-state index in [9.17, 15) is 9.59 Å². The van der Waals surface area contributed by atoms with Crippen molar-refractivity contribution in [1.82, 2.24) is 15.2 Å². The van der Waals surface area contributed by atoms with Crippen molar-refractivity contribution in [2.24, 2.45) is 0 Å². The summed E-state index contributed by atoms with van der Waals surface area (Å²) in [6, 6.07) is 8.37. The lowest BCUT2D eigenvalue weighted by Gasteiger charge is -2.05. The van der Waals surface area contributed by atoms with Crippen molar-refractivity contribution in [3.05, 3.63) is 57.5 Å². The molecule has 21 heavy (non-hydrogen) atoms. The molecule has 1 amide bonds. The second kappa shape index (κ2) is 4.90. The van der Waals surface area contributed by atoms with Crippen LogP contribution in [0.5, 0.6) is 0 Å². The summed E-state index contributed by atoms with van der Waals surface area (Å²) in [6.45, 7) is 3.73. The van der Waals surface area contributed by atoms with E-state index in [1.165, 1.54) is 6.07 Å². The van der Waals surface area contributed by atoms with Crippen LogP contribution in [0.3, 0.4) is 0 Å². The fourth-order valence-electron chi connectivity index (χ4n) is 2.10. The highest BCUT2D eigenvalue weighted by atomic mass is 16.2. The third-order valence-electron chi connectivity index (χ3n) is 3.47. The highest BCUT2D eigenvalue weighted by Gasteiger charge is 2.13. The molecule has 3 aromatic rings. The standard InChI is InChI=1S/C15H14N4O2/c1-8-9(2)18-19-14(8)17-15(21)12-7-13(20)10-5-3-4-6-11(10)16-12/h3-7H,1-2H3,(H,16,20)(H2,17,18,19,21). The van der Waals surface area contributed by atoms with Gasteiger partial charge in [-0.15, -0.1) is 0 Å². The molecule has 0 atom stereocenters. The maximum Gasteiger partial charge on any atom is 0.273 e. The van der Waals surface area contributed by atoms with Crippen molar-refractivity contribution < 1.29 is 4.79 Å². The molecule has 3 N–H and O–H groups in total. The van der Waals surface area contributed by atoms with Crippen LogP contribution >= 0.6 is 0 Å². The number of benzene rings is 1. The molecule has 0 fully saturated rings. The van der Waals surface area contributed by atoms with Crippen LogP contribution in [0, 0.1) is 13.8 Å². The number of nitrogens with zero attached hydrogens (tertiary/aromatic N) is 1. The summed E-state index contributed by atoms with van der Waals surface area (Å²) in [4.78, 5) is 27.2. The van der Waals surface area contributed by atoms with E-state index >= 15 is 0 Å². The van der Waals surface area contributed by atoms with Crippen molar-refractivity contribution >= 4 is 22.6 Å². The number of fused-ring (bicyclic) bond motifs is 1. The molecular formula is C15H14N4O2. The first-order valence-corrected chi connectivity index (χ1v) is 6.51. The van der Waals surface area contributed by atoms with Gasteiger partial charge in [0.2, 0.25) is 0 Å². The minimum Gasteiger partial charge on any atom is -0.350 e. The van der Waals surface area contributed by atoms with Crippen LogP contribution in [0.1, 0.15) is 21.7 Å². The molecule has 0 radical (unpaired) electrons. The number of carbonyl (C=O) groups excluding carboxylic acids is 1. The Kier molecular flexibility index (Phi) is 3.06.